The average Bonchev–Trinajstić information content (AvgIpc) is 3.26. The van der Waals surface area contributed by atoms with Gasteiger partial charge in [0.05, 0.1) is 18.8 Å². The first kappa shape index (κ1) is 32.9. The Morgan fingerprint density at radius 1 is 0.628 bits per heavy atom. The molecule has 1 aliphatic rings. The van der Waals surface area contributed by atoms with Crippen LogP contribution in [-0.2, 0) is 14.2 Å². The third-order valence-corrected chi connectivity index (χ3v) is 5.40. The first-order chi connectivity index (χ1) is 19.8. The predicted molar refractivity (Wildman–Crippen MR) is 164 cm³/mol. The van der Waals surface area contributed by atoms with E-state index in [1.54, 1.807) is 111 Å². The fourth-order valence-electron chi connectivity index (χ4n) is 3.71. The standard InChI is InChI=1S/C31H41N5O7/c1-29(2,3)41-26(38)34-23-12-10-20(11-13-23)24(37)32-21-14-16-22(17-15-21)33-25-35(27(39)42-30(4,5)6)18-19-36(25)28(40)43-31(7,8)9/h10-17H,18-19H2,1-9H3,(H,32,37)(H,34,38). The molecule has 0 spiro atoms. The van der Waals surface area contributed by atoms with Gasteiger partial charge in [0.2, 0.25) is 5.96 Å². The molecule has 1 aliphatic heterocycles. The molecule has 0 radical (unpaired) electrons. The zero-order valence-corrected chi connectivity index (χ0v) is 26.2. The number of guanidine groups is 1. The maximum atomic E-state index is 12.9. The van der Waals surface area contributed by atoms with E-state index in [0.29, 0.717) is 22.6 Å². The normalized spacial score (nSPS) is 13.7. The SMILES string of the molecule is CC(C)(C)OC(=O)Nc1ccc(C(=O)Nc2ccc(N=C3N(C(=O)OC(C)(C)C)CCN3C(=O)OC(C)(C)C)cc2)cc1. The van der Waals surface area contributed by atoms with Gasteiger partial charge < -0.3 is 19.5 Å². The maximum absolute atomic E-state index is 12.9. The zero-order chi connectivity index (χ0) is 32.2. The van der Waals surface area contributed by atoms with Crippen molar-refractivity contribution in [2.24, 2.45) is 4.99 Å². The molecular weight excluding hydrogens is 554 g/mol. The molecule has 1 heterocycles. The molecule has 1 saturated heterocycles. The lowest BCUT2D eigenvalue weighted by Gasteiger charge is -2.27. The van der Waals surface area contributed by atoms with Crippen LogP contribution in [0.2, 0.25) is 0 Å². The number of carbonyl (C=O) groups is 4. The highest BCUT2D eigenvalue weighted by molar-refractivity contribution is 6.05. The van der Waals surface area contributed by atoms with Crippen LogP contribution in [0, 0.1) is 0 Å². The van der Waals surface area contributed by atoms with Crippen LogP contribution in [0.25, 0.3) is 0 Å². The number of anilines is 2. The Balaban J connectivity index is 1.74. The second-order valence-corrected chi connectivity index (χ2v) is 12.9. The number of aliphatic imine (C=N–C) groups is 1. The van der Waals surface area contributed by atoms with Crippen LogP contribution in [0.5, 0.6) is 0 Å². The molecule has 12 nitrogen and oxygen atoms in total. The van der Waals surface area contributed by atoms with Gasteiger partial charge in [0.1, 0.15) is 16.8 Å². The molecule has 0 aliphatic carbocycles. The number of ether oxygens (including phenoxy) is 3. The number of carbonyl (C=O) groups excluding carboxylic acids is 4. The van der Waals surface area contributed by atoms with E-state index >= 15 is 0 Å². The number of rotatable bonds is 4. The number of benzene rings is 2. The molecule has 232 valence electrons. The quantitative estimate of drug-likeness (QED) is 0.372. The summed E-state index contributed by atoms with van der Waals surface area (Å²) in [6, 6.07) is 13.0. The highest BCUT2D eigenvalue weighted by atomic mass is 16.6. The summed E-state index contributed by atoms with van der Waals surface area (Å²) in [5.74, 6) is -0.272. The van der Waals surface area contributed by atoms with Crippen LogP contribution < -0.4 is 10.6 Å². The van der Waals surface area contributed by atoms with Crippen molar-refractivity contribution >= 4 is 47.2 Å². The van der Waals surface area contributed by atoms with Gasteiger partial charge in [-0.3, -0.25) is 10.1 Å². The summed E-state index contributed by atoms with van der Waals surface area (Å²) >= 11 is 0. The van der Waals surface area contributed by atoms with E-state index < -0.39 is 35.1 Å². The minimum absolute atomic E-state index is 0.0837. The summed E-state index contributed by atoms with van der Waals surface area (Å²) in [5, 5.41) is 5.43. The molecule has 0 bridgehead atoms. The van der Waals surface area contributed by atoms with E-state index in [1.807, 2.05) is 0 Å². The largest absolute Gasteiger partial charge is 0.444 e. The van der Waals surface area contributed by atoms with Crippen LogP contribution in [0.3, 0.4) is 0 Å². The van der Waals surface area contributed by atoms with Crippen molar-refractivity contribution in [1.29, 1.82) is 0 Å². The molecule has 0 aromatic heterocycles. The molecule has 3 rings (SSSR count). The van der Waals surface area contributed by atoms with Gasteiger partial charge in [-0.1, -0.05) is 0 Å². The van der Waals surface area contributed by atoms with Crippen LogP contribution in [0.15, 0.2) is 53.5 Å². The van der Waals surface area contributed by atoms with Crippen molar-refractivity contribution in [1.82, 2.24) is 9.80 Å². The molecule has 2 aromatic rings. The summed E-state index contributed by atoms with van der Waals surface area (Å²) < 4.78 is 16.3. The fourth-order valence-corrected chi connectivity index (χ4v) is 3.71. The second kappa shape index (κ2) is 12.7. The number of amides is 4. The van der Waals surface area contributed by atoms with Gasteiger partial charge in [-0.05, 0) is 111 Å². The Morgan fingerprint density at radius 2 is 1.05 bits per heavy atom. The van der Waals surface area contributed by atoms with Crippen molar-refractivity contribution in [3.8, 4) is 0 Å². The van der Waals surface area contributed by atoms with E-state index in [-0.39, 0.29) is 25.0 Å². The van der Waals surface area contributed by atoms with E-state index in [0.717, 1.165) is 0 Å². The van der Waals surface area contributed by atoms with Gasteiger partial charge in [0.25, 0.3) is 5.91 Å². The van der Waals surface area contributed by atoms with E-state index in [2.05, 4.69) is 15.6 Å². The number of nitrogens with one attached hydrogen (secondary N) is 2. The third-order valence-electron chi connectivity index (χ3n) is 5.40. The van der Waals surface area contributed by atoms with Crippen LogP contribution in [0.4, 0.5) is 31.4 Å². The molecule has 12 heteroatoms. The van der Waals surface area contributed by atoms with Crippen molar-refractivity contribution in [2.45, 2.75) is 79.1 Å². The van der Waals surface area contributed by atoms with E-state index in [1.165, 1.54) is 9.80 Å². The number of hydrogen-bond donors (Lipinski definition) is 2. The molecule has 0 saturated carbocycles. The van der Waals surface area contributed by atoms with Crippen molar-refractivity contribution in [3.05, 3.63) is 54.1 Å². The molecule has 2 N–H and O–H groups in total. The molecular formula is C31H41N5O7. The second-order valence-electron chi connectivity index (χ2n) is 12.9. The van der Waals surface area contributed by atoms with Gasteiger partial charge in [0.15, 0.2) is 0 Å². The Morgan fingerprint density at radius 3 is 1.49 bits per heavy atom. The third kappa shape index (κ3) is 10.3. The lowest BCUT2D eigenvalue weighted by atomic mass is 10.2. The zero-order valence-electron chi connectivity index (χ0n) is 26.2. The predicted octanol–water partition coefficient (Wildman–Crippen LogP) is 6.76. The molecule has 0 atom stereocenters. The summed E-state index contributed by atoms with van der Waals surface area (Å²) in [4.78, 5) is 57.8. The highest BCUT2D eigenvalue weighted by Gasteiger charge is 2.39. The fraction of sp³-hybridized carbons (Fsp3) is 0.452. The summed E-state index contributed by atoms with van der Waals surface area (Å²) in [6.07, 6.45) is -1.85. The van der Waals surface area contributed by atoms with Crippen LogP contribution in [-0.4, -0.2) is 69.8 Å². The van der Waals surface area contributed by atoms with Crippen LogP contribution >= 0.6 is 0 Å². The molecule has 2 aromatic carbocycles. The van der Waals surface area contributed by atoms with Gasteiger partial charge in [-0.15, -0.1) is 0 Å². The Labute approximate surface area is 252 Å². The number of nitrogens with zero attached hydrogens (tertiary/aromatic N) is 3. The van der Waals surface area contributed by atoms with Crippen molar-refractivity contribution in [2.75, 3.05) is 23.7 Å². The molecule has 4 amide bonds. The smallest absolute Gasteiger partial charge is 0.417 e. The first-order valence-electron chi connectivity index (χ1n) is 13.9. The summed E-state index contributed by atoms with van der Waals surface area (Å²) in [5.41, 5.74) is -0.295. The molecule has 0 unspecified atom stereocenters. The highest BCUT2D eigenvalue weighted by Crippen LogP contribution is 2.24. The summed E-state index contributed by atoms with van der Waals surface area (Å²) in [7, 11) is 0. The van der Waals surface area contributed by atoms with Gasteiger partial charge in [0, 0.05) is 16.9 Å². The lowest BCUT2D eigenvalue weighted by Crippen LogP contribution is -2.44. The van der Waals surface area contributed by atoms with E-state index in [9.17, 15) is 19.2 Å². The summed E-state index contributed by atoms with van der Waals surface area (Å²) in [6.45, 7) is 16.2. The van der Waals surface area contributed by atoms with Gasteiger partial charge in [-0.2, -0.15) is 0 Å². The molecule has 43 heavy (non-hydrogen) atoms. The molecule has 1 fully saturated rings. The Kier molecular flexibility index (Phi) is 9.73. The van der Waals surface area contributed by atoms with Crippen molar-refractivity contribution < 1.29 is 33.4 Å². The maximum Gasteiger partial charge on any atom is 0.417 e. The first-order valence-corrected chi connectivity index (χ1v) is 13.9. The van der Waals surface area contributed by atoms with E-state index in [4.69, 9.17) is 14.2 Å². The topological polar surface area (TPSA) is 139 Å². The number of hydrogen-bond acceptors (Lipinski definition) is 8. The minimum atomic E-state index is -0.740. The van der Waals surface area contributed by atoms with Crippen molar-refractivity contribution in [3.63, 3.8) is 0 Å². The van der Waals surface area contributed by atoms with Gasteiger partial charge >= 0.3 is 18.3 Å². The Hall–Kier alpha value is -4.61. The monoisotopic (exact) mass is 595 g/mol. The average molecular weight is 596 g/mol. The van der Waals surface area contributed by atoms with Gasteiger partial charge in [-0.25, -0.2) is 29.2 Å². The minimum Gasteiger partial charge on any atom is -0.444 e. The Bertz CT molecular complexity index is 1330. The lowest BCUT2D eigenvalue weighted by molar-refractivity contribution is 0.0373. The van der Waals surface area contributed by atoms with Crippen LogP contribution in [0.1, 0.15) is 72.7 Å².